The summed E-state index contributed by atoms with van der Waals surface area (Å²) in [5, 5.41) is 13.7. The molecule has 0 radical (unpaired) electrons. The van der Waals surface area contributed by atoms with Crippen LogP contribution in [0.5, 0.6) is 0 Å². The second-order valence-electron chi connectivity index (χ2n) is 8.92. The lowest BCUT2D eigenvalue weighted by Crippen LogP contribution is -2.48. The predicted octanol–water partition coefficient (Wildman–Crippen LogP) is 3.58. The van der Waals surface area contributed by atoms with E-state index < -0.39 is 11.0 Å². The second kappa shape index (κ2) is 13.4. The number of rotatable bonds is 11. The number of anilines is 1. The van der Waals surface area contributed by atoms with Gasteiger partial charge in [-0.1, -0.05) is 30.3 Å². The average Bonchev–Trinajstić information content (AvgIpc) is 3.45. The Labute approximate surface area is 220 Å². The zero-order valence-electron chi connectivity index (χ0n) is 21.0. The number of benzene rings is 2. The van der Waals surface area contributed by atoms with E-state index in [2.05, 4.69) is 10.2 Å². The molecule has 2 heterocycles. The Morgan fingerprint density at radius 3 is 2.34 bits per heavy atom. The van der Waals surface area contributed by atoms with Crippen LogP contribution in [0.15, 0.2) is 77.4 Å². The van der Waals surface area contributed by atoms with Gasteiger partial charge in [0, 0.05) is 50.5 Å². The maximum absolute atomic E-state index is 13.6. The van der Waals surface area contributed by atoms with Crippen LogP contribution in [0.3, 0.4) is 0 Å². The fourth-order valence-corrected chi connectivity index (χ4v) is 4.10. The van der Waals surface area contributed by atoms with E-state index in [0.717, 1.165) is 18.7 Å². The zero-order chi connectivity index (χ0) is 26.7. The van der Waals surface area contributed by atoms with Gasteiger partial charge in [0.2, 0.25) is 5.91 Å². The number of amides is 3. The Hall–Kier alpha value is -4.22. The Bertz CT molecular complexity index is 1180. The van der Waals surface area contributed by atoms with E-state index in [4.69, 9.17) is 9.15 Å². The number of nitrogens with zero attached hydrogens (tertiary/aromatic N) is 4. The van der Waals surface area contributed by atoms with Crippen LogP contribution in [0.25, 0.3) is 0 Å². The number of ether oxygens (including phenoxy) is 1. The third kappa shape index (κ3) is 7.89. The van der Waals surface area contributed by atoms with E-state index >= 15 is 0 Å². The molecule has 1 aliphatic rings. The minimum Gasteiger partial charge on any atom is -0.467 e. The number of morpholine rings is 1. The Morgan fingerprint density at radius 2 is 1.68 bits per heavy atom. The van der Waals surface area contributed by atoms with Gasteiger partial charge in [0.05, 0.1) is 30.9 Å². The van der Waals surface area contributed by atoms with Gasteiger partial charge in [0.15, 0.2) is 0 Å². The van der Waals surface area contributed by atoms with Gasteiger partial charge < -0.3 is 24.3 Å². The third-order valence-electron chi connectivity index (χ3n) is 6.23. The van der Waals surface area contributed by atoms with E-state index in [1.54, 1.807) is 17.2 Å². The summed E-state index contributed by atoms with van der Waals surface area (Å²) in [4.78, 5) is 42.6. The molecule has 200 valence electrons. The van der Waals surface area contributed by atoms with Crippen LogP contribution in [0.1, 0.15) is 11.3 Å². The standard InChI is InChI=1S/C27H31N5O6/c33-26(31(20-25-7-4-16-38-25)19-22-5-2-1-3-6-22)21-30(13-12-29-14-17-37-18-15-29)27(34)28-23-8-10-24(11-9-23)32(35)36/h1-11,16H,12-15,17-21H2,(H,28,34). The molecule has 1 aliphatic heterocycles. The first kappa shape index (κ1) is 26.8. The van der Waals surface area contributed by atoms with Crippen LogP contribution in [0, 0.1) is 10.1 Å². The molecule has 3 amide bonds. The van der Waals surface area contributed by atoms with Gasteiger partial charge in [-0.05, 0) is 29.8 Å². The molecule has 3 aromatic rings. The van der Waals surface area contributed by atoms with Gasteiger partial charge in [0.1, 0.15) is 12.3 Å². The van der Waals surface area contributed by atoms with Crippen molar-refractivity contribution in [2.75, 3.05) is 51.3 Å². The van der Waals surface area contributed by atoms with Crippen molar-refractivity contribution >= 4 is 23.3 Å². The Morgan fingerprint density at radius 1 is 0.947 bits per heavy atom. The molecule has 38 heavy (non-hydrogen) atoms. The summed E-state index contributed by atoms with van der Waals surface area (Å²) in [6.45, 7) is 4.16. The van der Waals surface area contributed by atoms with Gasteiger partial charge in [-0.2, -0.15) is 0 Å². The molecule has 2 aromatic carbocycles. The predicted molar refractivity (Wildman–Crippen MR) is 140 cm³/mol. The number of carbonyl (C=O) groups excluding carboxylic acids is 2. The molecule has 0 saturated carbocycles. The molecular weight excluding hydrogens is 490 g/mol. The molecule has 1 aromatic heterocycles. The molecule has 11 nitrogen and oxygen atoms in total. The smallest absolute Gasteiger partial charge is 0.322 e. The summed E-state index contributed by atoms with van der Waals surface area (Å²) in [6.07, 6.45) is 1.56. The van der Waals surface area contributed by atoms with E-state index in [9.17, 15) is 19.7 Å². The number of nitro benzene ring substituents is 1. The summed E-state index contributed by atoms with van der Waals surface area (Å²) >= 11 is 0. The maximum Gasteiger partial charge on any atom is 0.322 e. The summed E-state index contributed by atoms with van der Waals surface area (Å²) in [5.74, 6) is 0.413. The first-order valence-electron chi connectivity index (χ1n) is 12.4. The molecule has 1 saturated heterocycles. The number of carbonyl (C=O) groups is 2. The lowest BCUT2D eigenvalue weighted by molar-refractivity contribution is -0.384. The largest absolute Gasteiger partial charge is 0.467 e. The van der Waals surface area contributed by atoms with Crippen molar-refractivity contribution < 1.29 is 23.7 Å². The fourth-order valence-electron chi connectivity index (χ4n) is 4.10. The lowest BCUT2D eigenvalue weighted by atomic mass is 10.2. The highest BCUT2D eigenvalue weighted by atomic mass is 16.6. The van der Waals surface area contributed by atoms with Crippen molar-refractivity contribution in [1.82, 2.24) is 14.7 Å². The van der Waals surface area contributed by atoms with E-state index in [0.29, 0.717) is 44.3 Å². The molecule has 0 bridgehead atoms. The number of hydrogen-bond acceptors (Lipinski definition) is 7. The minimum atomic E-state index is -0.501. The van der Waals surface area contributed by atoms with Gasteiger partial charge >= 0.3 is 6.03 Å². The zero-order valence-corrected chi connectivity index (χ0v) is 21.0. The van der Waals surface area contributed by atoms with Crippen LogP contribution in [0.4, 0.5) is 16.2 Å². The number of non-ortho nitro benzene ring substituents is 1. The topological polar surface area (TPSA) is 121 Å². The van der Waals surface area contributed by atoms with E-state index in [-0.39, 0.29) is 24.7 Å². The monoisotopic (exact) mass is 521 g/mol. The van der Waals surface area contributed by atoms with Crippen molar-refractivity contribution in [3.05, 3.63) is 94.4 Å². The van der Waals surface area contributed by atoms with Crippen molar-refractivity contribution in [3.8, 4) is 0 Å². The van der Waals surface area contributed by atoms with Crippen molar-refractivity contribution in [1.29, 1.82) is 0 Å². The van der Waals surface area contributed by atoms with Crippen LogP contribution < -0.4 is 5.32 Å². The number of furan rings is 1. The van der Waals surface area contributed by atoms with Gasteiger partial charge in [-0.25, -0.2) is 4.79 Å². The van der Waals surface area contributed by atoms with E-state index in [1.165, 1.54) is 29.2 Å². The fraction of sp³-hybridized carbons (Fsp3) is 0.333. The summed E-state index contributed by atoms with van der Waals surface area (Å²) < 4.78 is 10.9. The molecule has 0 spiro atoms. The van der Waals surface area contributed by atoms with Crippen molar-refractivity contribution in [2.45, 2.75) is 13.1 Å². The van der Waals surface area contributed by atoms with Gasteiger partial charge in [0.25, 0.3) is 5.69 Å². The van der Waals surface area contributed by atoms with Crippen molar-refractivity contribution in [2.24, 2.45) is 0 Å². The highest BCUT2D eigenvalue weighted by Gasteiger charge is 2.24. The minimum absolute atomic E-state index is 0.0724. The highest BCUT2D eigenvalue weighted by molar-refractivity contribution is 5.92. The normalized spacial score (nSPS) is 13.6. The number of nitro groups is 1. The van der Waals surface area contributed by atoms with Crippen LogP contribution in [-0.2, 0) is 22.6 Å². The maximum atomic E-state index is 13.6. The molecule has 11 heteroatoms. The number of nitrogens with one attached hydrogen (secondary N) is 1. The molecule has 0 aliphatic carbocycles. The van der Waals surface area contributed by atoms with Gasteiger partial charge in [-0.3, -0.25) is 19.8 Å². The first-order chi connectivity index (χ1) is 18.5. The molecular formula is C27H31N5O6. The quantitative estimate of drug-likeness (QED) is 0.302. The molecule has 1 fully saturated rings. The Balaban J connectivity index is 1.48. The second-order valence-corrected chi connectivity index (χ2v) is 8.92. The van der Waals surface area contributed by atoms with E-state index in [1.807, 2.05) is 36.4 Å². The van der Waals surface area contributed by atoms with Crippen LogP contribution >= 0.6 is 0 Å². The van der Waals surface area contributed by atoms with Crippen LogP contribution in [0.2, 0.25) is 0 Å². The summed E-state index contributed by atoms with van der Waals surface area (Å²) in [6, 6.07) is 18.3. The molecule has 4 rings (SSSR count). The summed E-state index contributed by atoms with van der Waals surface area (Å²) in [7, 11) is 0. The first-order valence-corrected chi connectivity index (χ1v) is 12.4. The Kier molecular flexibility index (Phi) is 9.43. The molecule has 0 unspecified atom stereocenters. The molecule has 1 N–H and O–H groups in total. The van der Waals surface area contributed by atoms with Crippen molar-refractivity contribution in [3.63, 3.8) is 0 Å². The highest BCUT2D eigenvalue weighted by Crippen LogP contribution is 2.17. The molecule has 0 atom stereocenters. The summed E-state index contributed by atoms with van der Waals surface area (Å²) in [5.41, 5.74) is 1.29. The SMILES string of the molecule is O=C(CN(CCN1CCOCC1)C(=O)Nc1ccc([N+](=O)[O-])cc1)N(Cc1ccccc1)Cc1ccco1. The van der Waals surface area contributed by atoms with Crippen LogP contribution in [-0.4, -0.2) is 77.5 Å². The number of hydrogen-bond donors (Lipinski definition) is 1. The third-order valence-corrected chi connectivity index (χ3v) is 6.23. The average molecular weight is 522 g/mol. The lowest BCUT2D eigenvalue weighted by Gasteiger charge is -2.31. The number of urea groups is 1. The van der Waals surface area contributed by atoms with Gasteiger partial charge in [-0.15, -0.1) is 0 Å².